The largest absolute Gasteiger partial charge is 0.493 e. The monoisotopic (exact) mass is 493 g/mol. The molecule has 0 radical (unpaired) electrons. The lowest BCUT2D eigenvalue weighted by Gasteiger charge is -2.15. The van der Waals surface area contributed by atoms with Crippen molar-refractivity contribution in [2.24, 2.45) is 0 Å². The minimum Gasteiger partial charge on any atom is -0.493 e. The molecule has 0 aromatic heterocycles. The topological polar surface area (TPSA) is 106 Å². The summed E-state index contributed by atoms with van der Waals surface area (Å²) in [6.45, 7) is 3.55. The molecule has 3 N–H and O–H groups in total. The van der Waals surface area contributed by atoms with Crippen LogP contribution in [0.25, 0.3) is 0 Å². The van der Waals surface area contributed by atoms with Crippen LogP contribution in [0.4, 0.5) is 15.8 Å². The fourth-order valence-corrected chi connectivity index (χ4v) is 3.19. The summed E-state index contributed by atoms with van der Waals surface area (Å²) in [5, 5.41) is 8.25. The van der Waals surface area contributed by atoms with E-state index in [1.165, 1.54) is 49.6 Å². The molecule has 0 spiro atoms. The SMILES string of the molecule is CCC(C)NC(=O)c1ccccc1NC(=O)c1ccc(OCC(=O)Nc2ccc(F)cc2)c(OC)c1. The van der Waals surface area contributed by atoms with Crippen LogP contribution in [0.5, 0.6) is 11.5 Å². The van der Waals surface area contributed by atoms with E-state index >= 15 is 0 Å². The standard InChI is InChI=1S/C27H28FN3O5/c1-4-17(2)29-27(34)21-7-5-6-8-22(21)31-26(33)18-9-14-23(24(15-18)35-3)36-16-25(32)30-20-12-10-19(28)11-13-20/h5-15,17H,4,16H2,1-3H3,(H,29,34)(H,30,32)(H,31,33). The second kappa shape index (κ2) is 12.3. The van der Waals surface area contributed by atoms with Crippen LogP contribution in [0.2, 0.25) is 0 Å². The Morgan fingerprint density at radius 1 is 0.917 bits per heavy atom. The molecule has 188 valence electrons. The van der Waals surface area contributed by atoms with Crippen LogP contribution in [0.15, 0.2) is 66.7 Å². The molecular formula is C27H28FN3O5. The van der Waals surface area contributed by atoms with Gasteiger partial charge in [0.25, 0.3) is 17.7 Å². The minimum atomic E-state index is -0.447. The molecule has 0 aliphatic heterocycles. The minimum absolute atomic E-state index is 0.00386. The van der Waals surface area contributed by atoms with Crippen LogP contribution < -0.4 is 25.4 Å². The second-order valence-corrected chi connectivity index (χ2v) is 7.99. The number of ether oxygens (including phenoxy) is 2. The molecule has 0 saturated heterocycles. The summed E-state index contributed by atoms with van der Waals surface area (Å²) in [4.78, 5) is 37.7. The molecule has 3 amide bonds. The predicted octanol–water partition coefficient (Wildman–Crippen LogP) is 4.63. The first-order valence-corrected chi connectivity index (χ1v) is 11.4. The van der Waals surface area contributed by atoms with Crippen LogP contribution in [-0.4, -0.2) is 37.5 Å². The first-order chi connectivity index (χ1) is 17.3. The molecule has 1 atom stereocenters. The number of carbonyl (C=O) groups is 3. The summed E-state index contributed by atoms with van der Waals surface area (Å²) < 4.78 is 23.9. The van der Waals surface area contributed by atoms with Gasteiger partial charge in [0.1, 0.15) is 5.82 Å². The maximum atomic E-state index is 13.0. The van der Waals surface area contributed by atoms with E-state index in [-0.39, 0.29) is 35.6 Å². The number of benzene rings is 3. The Balaban J connectivity index is 1.66. The van der Waals surface area contributed by atoms with Crippen molar-refractivity contribution in [3.05, 3.63) is 83.7 Å². The third-order valence-corrected chi connectivity index (χ3v) is 5.32. The zero-order valence-electron chi connectivity index (χ0n) is 20.3. The van der Waals surface area contributed by atoms with E-state index in [2.05, 4.69) is 16.0 Å². The van der Waals surface area contributed by atoms with Crippen molar-refractivity contribution in [1.82, 2.24) is 5.32 Å². The van der Waals surface area contributed by atoms with Crippen LogP contribution in [0.3, 0.4) is 0 Å². The van der Waals surface area contributed by atoms with Gasteiger partial charge in [-0.1, -0.05) is 19.1 Å². The summed E-state index contributed by atoms with van der Waals surface area (Å²) in [5.74, 6) is -1.07. The Bertz CT molecular complexity index is 1230. The molecule has 0 heterocycles. The number of para-hydroxylation sites is 1. The maximum absolute atomic E-state index is 13.0. The van der Waals surface area contributed by atoms with Gasteiger partial charge in [-0.15, -0.1) is 0 Å². The highest BCUT2D eigenvalue weighted by molar-refractivity contribution is 6.09. The molecule has 0 saturated carbocycles. The molecule has 36 heavy (non-hydrogen) atoms. The molecular weight excluding hydrogens is 465 g/mol. The van der Waals surface area contributed by atoms with Crippen LogP contribution >= 0.6 is 0 Å². The highest BCUT2D eigenvalue weighted by atomic mass is 19.1. The third kappa shape index (κ3) is 7.05. The Kier molecular flexibility index (Phi) is 8.99. The molecule has 3 rings (SSSR count). The van der Waals surface area contributed by atoms with E-state index < -0.39 is 17.6 Å². The zero-order chi connectivity index (χ0) is 26.1. The lowest BCUT2D eigenvalue weighted by molar-refractivity contribution is -0.118. The van der Waals surface area contributed by atoms with Gasteiger partial charge >= 0.3 is 0 Å². The van der Waals surface area contributed by atoms with E-state index in [1.807, 2.05) is 13.8 Å². The van der Waals surface area contributed by atoms with Crippen molar-refractivity contribution < 1.29 is 28.2 Å². The number of anilines is 2. The summed E-state index contributed by atoms with van der Waals surface area (Å²) in [6.07, 6.45) is 0.780. The van der Waals surface area contributed by atoms with E-state index in [0.29, 0.717) is 16.9 Å². The van der Waals surface area contributed by atoms with Gasteiger partial charge in [0.15, 0.2) is 18.1 Å². The highest BCUT2D eigenvalue weighted by Crippen LogP contribution is 2.29. The fourth-order valence-electron chi connectivity index (χ4n) is 3.19. The molecule has 3 aromatic carbocycles. The lowest BCUT2D eigenvalue weighted by Crippen LogP contribution is -2.32. The second-order valence-electron chi connectivity index (χ2n) is 7.99. The Hall–Kier alpha value is -4.40. The average Bonchev–Trinajstić information content (AvgIpc) is 2.88. The first kappa shape index (κ1) is 26.2. The third-order valence-electron chi connectivity index (χ3n) is 5.32. The number of amides is 3. The fraction of sp³-hybridized carbons (Fsp3) is 0.222. The molecule has 0 aliphatic carbocycles. The summed E-state index contributed by atoms with van der Waals surface area (Å²) >= 11 is 0. The summed E-state index contributed by atoms with van der Waals surface area (Å²) in [5.41, 5.74) is 1.43. The molecule has 9 heteroatoms. The van der Waals surface area contributed by atoms with Crippen molar-refractivity contribution in [3.8, 4) is 11.5 Å². The van der Waals surface area contributed by atoms with Crippen molar-refractivity contribution >= 4 is 29.1 Å². The van der Waals surface area contributed by atoms with Gasteiger partial charge in [-0.25, -0.2) is 4.39 Å². The number of hydrogen-bond acceptors (Lipinski definition) is 5. The summed E-state index contributed by atoms with van der Waals surface area (Å²) in [7, 11) is 1.41. The Morgan fingerprint density at radius 2 is 1.64 bits per heavy atom. The van der Waals surface area contributed by atoms with Gasteiger partial charge in [0.05, 0.1) is 18.4 Å². The van der Waals surface area contributed by atoms with Gasteiger partial charge in [0, 0.05) is 17.3 Å². The summed E-state index contributed by atoms with van der Waals surface area (Å²) in [6, 6.07) is 16.6. The van der Waals surface area contributed by atoms with Crippen LogP contribution in [0.1, 0.15) is 41.0 Å². The maximum Gasteiger partial charge on any atom is 0.262 e. The molecule has 0 aliphatic rings. The molecule has 3 aromatic rings. The number of nitrogens with one attached hydrogen (secondary N) is 3. The van der Waals surface area contributed by atoms with Crippen molar-refractivity contribution in [3.63, 3.8) is 0 Å². The average molecular weight is 494 g/mol. The van der Waals surface area contributed by atoms with Crippen LogP contribution in [0, 0.1) is 5.82 Å². The van der Waals surface area contributed by atoms with Gasteiger partial charge in [-0.05, 0) is 67.9 Å². The van der Waals surface area contributed by atoms with Crippen molar-refractivity contribution in [2.75, 3.05) is 24.4 Å². The number of rotatable bonds is 10. The van der Waals surface area contributed by atoms with Crippen LogP contribution in [-0.2, 0) is 4.79 Å². The molecule has 1 unspecified atom stereocenters. The first-order valence-electron chi connectivity index (χ1n) is 11.4. The molecule has 0 fully saturated rings. The molecule has 8 nitrogen and oxygen atoms in total. The Morgan fingerprint density at radius 3 is 2.33 bits per heavy atom. The van der Waals surface area contributed by atoms with E-state index in [4.69, 9.17) is 9.47 Å². The normalized spacial score (nSPS) is 11.2. The highest BCUT2D eigenvalue weighted by Gasteiger charge is 2.17. The van der Waals surface area contributed by atoms with Crippen molar-refractivity contribution in [2.45, 2.75) is 26.3 Å². The van der Waals surface area contributed by atoms with Gasteiger partial charge < -0.3 is 25.4 Å². The number of halogens is 1. The van der Waals surface area contributed by atoms with E-state index in [9.17, 15) is 18.8 Å². The zero-order valence-corrected chi connectivity index (χ0v) is 20.3. The quantitative estimate of drug-likeness (QED) is 0.382. The van der Waals surface area contributed by atoms with Gasteiger partial charge in [-0.3, -0.25) is 14.4 Å². The smallest absolute Gasteiger partial charge is 0.262 e. The van der Waals surface area contributed by atoms with E-state index in [0.717, 1.165) is 6.42 Å². The lowest BCUT2D eigenvalue weighted by atomic mass is 10.1. The van der Waals surface area contributed by atoms with E-state index in [1.54, 1.807) is 24.3 Å². The number of hydrogen-bond donors (Lipinski definition) is 3. The van der Waals surface area contributed by atoms with Crippen molar-refractivity contribution in [1.29, 1.82) is 0 Å². The predicted molar refractivity (Wildman–Crippen MR) is 135 cm³/mol. The number of methoxy groups -OCH3 is 1. The van der Waals surface area contributed by atoms with Gasteiger partial charge in [-0.2, -0.15) is 0 Å². The Labute approximate surface area is 208 Å². The number of carbonyl (C=O) groups excluding carboxylic acids is 3. The van der Waals surface area contributed by atoms with Gasteiger partial charge in [0.2, 0.25) is 0 Å². The molecule has 0 bridgehead atoms.